The van der Waals surface area contributed by atoms with Crippen molar-refractivity contribution in [1.29, 1.82) is 0 Å². The zero-order chi connectivity index (χ0) is 12.1. The fraction of sp³-hybridized carbons (Fsp3) is 0.308. The van der Waals surface area contributed by atoms with E-state index in [0.29, 0.717) is 0 Å². The molecule has 1 aromatic heterocycles. The van der Waals surface area contributed by atoms with Crippen molar-refractivity contribution in [3.05, 3.63) is 52.8 Å². The van der Waals surface area contributed by atoms with Crippen LogP contribution in [0.4, 0.5) is 0 Å². The lowest BCUT2D eigenvalue weighted by molar-refractivity contribution is 0.685. The molecule has 0 aliphatic rings. The van der Waals surface area contributed by atoms with Crippen molar-refractivity contribution in [2.75, 3.05) is 6.54 Å². The zero-order valence-corrected chi connectivity index (χ0v) is 10.4. The van der Waals surface area contributed by atoms with E-state index in [0.717, 1.165) is 36.5 Å². The monoisotopic (exact) mass is 249 g/mol. The second-order valence-corrected chi connectivity index (χ2v) is 4.50. The van der Waals surface area contributed by atoms with Crippen molar-refractivity contribution in [3.8, 4) is 0 Å². The Labute approximate surface area is 106 Å². The molecular weight excluding hydrogens is 234 g/mol. The standard InChI is InChI=1S/C13H16ClN3/c14-13-5-1-3-11(7-13)9-17-10-12(8-16-17)4-2-6-15/h1,3,5,7-8,10H,2,4,6,9,15H2. The van der Waals surface area contributed by atoms with Crippen LogP contribution >= 0.6 is 11.6 Å². The molecule has 2 rings (SSSR count). The molecule has 0 unspecified atom stereocenters. The van der Waals surface area contributed by atoms with Crippen molar-refractivity contribution < 1.29 is 0 Å². The van der Waals surface area contributed by atoms with Crippen LogP contribution in [0.3, 0.4) is 0 Å². The molecule has 0 fully saturated rings. The van der Waals surface area contributed by atoms with Gasteiger partial charge in [-0.3, -0.25) is 4.68 Å². The predicted molar refractivity (Wildman–Crippen MR) is 70.2 cm³/mol. The van der Waals surface area contributed by atoms with Crippen molar-refractivity contribution in [3.63, 3.8) is 0 Å². The second kappa shape index (κ2) is 5.84. The first-order chi connectivity index (χ1) is 8.28. The fourth-order valence-electron chi connectivity index (χ4n) is 1.75. The molecule has 0 spiro atoms. The summed E-state index contributed by atoms with van der Waals surface area (Å²) in [6.07, 6.45) is 5.96. The molecule has 3 nitrogen and oxygen atoms in total. The number of aryl methyl sites for hydroxylation is 1. The minimum Gasteiger partial charge on any atom is -0.330 e. The van der Waals surface area contributed by atoms with E-state index in [2.05, 4.69) is 11.3 Å². The summed E-state index contributed by atoms with van der Waals surface area (Å²) in [4.78, 5) is 0. The van der Waals surface area contributed by atoms with Crippen LogP contribution in [0.25, 0.3) is 0 Å². The molecule has 0 saturated carbocycles. The lowest BCUT2D eigenvalue weighted by Gasteiger charge is -2.02. The largest absolute Gasteiger partial charge is 0.330 e. The molecule has 0 aliphatic carbocycles. The third-order valence-electron chi connectivity index (χ3n) is 2.59. The van der Waals surface area contributed by atoms with Gasteiger partial charge in [-0.25, -0.2) is 0 Å². The van der Waals surface area contributed by atoms with Crippen molar-refractivity contribution in [1.82, 2.24) is 9.78 Å². The van der Waals surface area contributed by atoms with Gasteiger partial charge < -0.3 is 5.73 Å². The maximum atomic E-state index is 5.94. The number of nitrogens with zero attached hydrogens (tertiary/aromatic N) is 2. The Kier molecular flexibility index (Phi) is 4.18. The van der Waals surface area contributed by atoms with Crippen molar-refractivity contribution >= 4 is 11.6 Å². The van der Waals surface area contributed by atoms with Gasteiger partial charge in [0.15, 0.2) is 0 Å². The second-order valence-electron chi connectivity index (χ2n) is 4.07. The van der Waals surface area contributed by atoms with E-state index in [-0.39, 0.29) is 0 Å². The van der Waals surface area contributed by atoms with E-state index in [1.165, 1.54) is 5.56 Å². The Hall–Kier alpha value is -1.32. The average molecular weight is 250 g/mol. The van der Waals surface area contributed by atoms with Gasteiger partial charge >= 0.3 is 0 Å². The van der Waals surface area contributed by atoms with Gasteiger partial charge in [0.05, 0.1) is 12.7 Å². The topological polar surface area (TPSA) is 43.8 Å². The highest BCUT2D eigenvalue weighted by Crippen LogP contribution is 2.12. The Morgan fingerprint density at radius 3 is 2.94 bits per heavy atom. The summed E-state index contributed by atoms with van der Waals surface area (Å²) in [5.41, 5.74) is 7.87. The molecule has 0 aliphatic heterocycles. The Bertz CT molecular complexity index is 479. The van der Waals surface area contributed by atoms with Crippen molar-refractivity contribution in [2.45, 2.75) is 19.4 Å². The number of nitrogens with two attached hydrogens (primary N) is 1. The summed E-state index contributed by atoms with van der Waals surface area (Å²) >= 11 is 5.94. The van der Waals surface area contributed by atoms with E-state index in [4.69, 9.17) is 17.3 Å². The molecule has 2 N–H and O–H groups in total. The van der Waals surface area contributed by atoms with Gasteiger partial charge in [-0.1, -0.05) is 23.7 Å². The van der Waals surface area contributed by atoms with Gasteiger partial charge in [0, 0.05) is 11.2 Å². The van der Waals surface area contributed by atoms with Gasteiger partial charge in [0.2, 0.25) is 0 Å². The lowest BCUT2D eigenvalue weighted by Crippen LogP contribution is -2.01. The third-order valence-corrected chi connectivity index (χ3v) is 2.82. The number of halogens is 1. The normalized spacial score (nSPS) is 10.7. The van der Waals surface area contributed by atoms with E-state index in [1.54, 1.807) is 0 Å². The summed E-state index contributed by atoms with van der Waals surface area (Å²) in [6.45, 7) is 1.47. The lowest BCUT2D eigenvalue weighted by atomic mass is 10.2. The first-order valence-corrected chi connectivity index (χ1v) is 6.11. The smallest absolute Gasteiger partial charge is 0.0659 e. The minimum atomic E-state index is 0.722. The summed E-state index contributed by atoms with van der Waals surface area (Å²) in [7, 11) is 0. The van der Waals surface area contributed by atoms with Crippen LogP contribution < -0.4 is 5.73 Å². The predicted octanol–water partition coefficient (Wildman–Crippen LogP) is 2.48. The minimum absolute atomic E-state index is 0.722. The molecule has 2 aromatic rings. The Morgan fingerprint density at radius 1 is 1.29 bits per heavy atom. The van der Waals surface area contributed by atoms with Crippen LogP contribution in [0, 0.1) is 0 Å². The van der Waals surface area contributed by atoms with Crippen LogP contribution in [0.5, 0.6) is 0 Å². The highest BCUT2D eigenvalue weighted by atomic mass is 35.5. The van der Waals surface area contributed by atoms with Crippen LogP contribution in [-0.2, 0) is 13.0 Å². The van der Waals surface area contributed by atoms with Crippen LogP contribution in [-0.4, -0.2) is 16.3 Å². The summed E-state index contributed by atoms with van der Waals surface area (Å²) in [5, 5.41) is 5.09. The highest BCUT2D eigenvalue weighted by Gasteiger charge is 2.00. The third kappa shape index (κ3) is 3.58. The number of hydrogen-bond donors (Lipinski definition) is 1. The maximum absolute atomic E-state index is 5.94. The number of rotatable bonds is 5. The van der Waals surface area contributed by atoms with Gasteiger partial charge in [-0.2, -0.15) is 5.10 Å². The van der Waals surface area contributed by atoms with Gasteiger partial charge in [-0.05, 0) is 42.6 Å². The molecule has 0 radical (unpaired) electrons. The summed E-state index contributed by atoms with van der Waals surface area (Å²) in [6, 6.07) is 7.84. The molecule has 1 aromatic carbocycles. The van der Waals surface area contributed by atoms with Gasteiger partial charge in [-0.15, -0.1) is 0 Å². The van der Waals surface area contributed by atoms with Crippen molar-refractivity contribution in [2.24, 2.45) is 5.73 Å². The zero-order valence-electron chi connectivity index (χ0n) is 9.64. The van der Waals surface area contributed by atoms with Gasteiger partial charge in [0.25, 0.3) is 0 Å². The van der Waals surface area contributed by atoms with E-state index in [9.17, 15) is 0 Å². The first-order valence-electron chi connectivity index (χ1n) is 5.74. The van der Waals surface area contributed by atoms with E-state index in [1.807, 2.05) is 35.1 Å². The summed E-state index contributed by atoms with van der Waals surface area (Å²) in [5.74, 6) is 0. The Morgan fingerprint density at radius 2 is 2.18 bits per heavy atom. The highest BCUT2D eigenvalue weighted by molar-refractivity contribution is 6.30. The van der Waals surface area contributed by atoms with E-state index >= 15 is 0 Å². The maximum Gasteiger partial charge on any atom is 0.0659 e. The molecule has 0 saturated heterocycles. The van der Waals surface area contributed by atoms with Gasteiger partial charge in [0.1, 0.15) is 0 Å². The molecule has 1 heterocycles. The molecule has 17 heavy (non-hydrogen) atoms. The summed E-state index contributed by atoms with van der Waals surface area (Å²) < 4.78 is 1.93. The molecular formula is C13H16ClN3. The van der Waals surface area contributed by atoms with Crippen LogP contribution in [0.2, 0.25) is 5.02 Å². The quantitative estimate of drug-likeness (QED) is 0.885. The molecule has 0 amide bonds. The van der Waals surface area contributed by atoms with Crippen LogP contribution in [0.15, 0.2) is 36.7 Å². The molecule has 0 atom stereocenters. The number of aromatic nitrogens is 2. The Balaban J connectivity index is 2.01. The molecule has 0 bridgehead atoms. The average Bonchev–Trinajstić information content (AvgIpc) is 2.74. The number of hydrogen-bond acceptors (Lipinski definition) is 2. The fourth-order valence-corrected chi connectivity index (χ4v) is 1.96. The van der Waals surface area contributed by atoms with E-state index < -0.39 is 0 Å². The molecule has 90 valence electrons. The SMILES string of the molecule is NCCCc1cnn(Cc2cccc(Cl)c2)c1. The number of benzene rings is 1. The molecule has 4 heteroatoms. The van der Waals surface area contributed by atoms with Crippen LogP contribution in [0.1, 0.15) is 17.5 Å². The first kappa shape index (κ1) is 12.1.